The van der Waals surface area contributed by atoms with Crippen LogP contribution in [0.5, 0.6) is 11.5 Å². The van der Waals surface area contributed by atoms with Gasteiger partial charge in [0.15, 0.2) is 17.3 Å². The summed E-state index contributed by atoms with van der Waals surface area (Å²) in [4.78, 5) is 12.1. The van der Waals surface area contributed by atoms with Gasteiger partial charge in [0.25, 0.3) is 0 Å². The van der Waals surface area contributed by atoms with Crippen LogP contribution in [0, 0.1) is 17.2 Å². The van der Waals surface area contributed by atoms with E-state index >= 15 is 0 Å². The Morgan fingerprint density at radius 3 is 2.46 bits per heavy atom. The van der Waals surface area contributed by atoms with E-state index in [9.17, 15) is 10.1 Å². The number of carbonyl (C=O) groups is 1. The van der Waals surface area contributed by atoms with Crippen molar-refractivity contribution < 1.29 is 14.3 Å². The first-order valence-corrected chi connectivity index (χ1v) is 8.64. The molecule has 0 atom stereocenters. The van der Waals surface area contributed by atoms with Crippen LogP contribution < -0.4 is 9.47 Å². The Hall–Kier alpha value is -3.06. The van der Waals surface area contributed by atoms with Crippen LogP contribution in [-0.4, -0.2) is 12.4 Å². The molecule has 0 spiro atoms. The van der Waals surface area contributed by atoms with Crippen molar-refractivity contribution in [1.29, 1.82) is 5.26 Å². The summed E-state index contributed by atoms with van der Waals surface area (Å²) in [6.45, 7) is 6.38. The zero-order valence-corrected chi connectivity index (χ0v) is 15.4. The number of allylic oxidation sites excluding steroid dienone is 1. The Morgan fingerprint density at radius 2 is 1.85 bits per heavy atom. The molecule has 0 aromatic heterocycles. The van der Waals surface area contributed by atoms with Crippen molar-refractivity contribution >= 4 is 11.9 Å². The third-order valence-electron chi connectivity index (χ3n) is 3.73. The number of nitriles is 1. The first-order valence-electron chi connectivity index (χ1n) is 8.64. The van der Waals surface area contributed by atoms with E-state index in [1.54, 1.807) is 32.1 Å². The second-order valence-electron chi connectivity index (χ2n) is 6.10. The summed E-state index contributed by atoms with van der Waals surface area (Å²) in [7, 11) is 0. The van der Waals surface area contributed by atoms with E-state index in [-0.39, 0.29) is 17.3 Å². The van der Waals surface area contributed by atoms with Gasteiger partial charge in [0.1, 0.15) is 12.7 Å². The summed E-state index contributed by atoms with van der Waals surface area (Å²) in [6, 6.07) is 17.3. The smallest absolute Gasteiger partial charge is 0.175 e. The largest absolute Gasteiger partial charge is 0.490 e. The average Bonchev–Trinajstić information content (AvgIpc) is 2.66. The highest BCUT2D eigenvalue weighted by molar-refractivity contribution is 6.04. The van der Waals surface area contributed by atoms with Crippen LogP contribution in [0.4, 0.5) is 0 Å². The highest BCUT2D eigenvalue weighted by Crippen LogP contribution is 2.30. The lowest BCUT2D eigenvalue weighted by atomic mass is 10.00. The molecule has 2 rings (SSSR count). The van der Waals surface area contributed by atoms with Gasteiger partial charge in [-0.1, -0.05) is 50.2 Å². The van der Waals surface area contributed by atoms with E-state index in [4.69, 9.17) is 9.47 Å². The molecule has 0 unspecified atom stereocenters. The minimum Gasteiger partial charge on any atom is -0.490 e. The normalized spacial score (nSPS) is 11.1. The van der Waals surface area contributed by atoms with Gasteiger partial charge in [-0.15, -0.1) is 0 Å². The summed E-state index contributed by atoms with van der Waals surface area (Å²) >= 11 is 0. The van der Waals surface area contributed by atoms with Gasteiger partial charge in [0, 0.05) is 5.92 Å². The lowest BCUT2D eigenvalue weighted by Crippen LogP contribution is -2.08. The third-order valence-corrected chi connectivity index (χ3v) is 3.73. The number of ketones is 1. The molecule has 0 aliphatic heterocycles. The maximum Gasteiger partial charge on any atom is 0.175 e. The molecule has 4 heteroatoms. The summed E-state index contributed by atoms with van der Waals surface area (Å²) in [5.74, 6) is 0.823. The van der Waals surface area contributed by atoms with Gasteiger partial charge in [-0.05, 0) is 36.3 Å². The van der Waals surface area contributed by atoms with Crippen molar-refractivity contribution in [3.05, 3.63) is 65.2 Å². The van der Waals surface area contributed by atoms with Crippen LogP contribution >= 0.6 is 0 Å². The summed E-state index contributed by atoms with van der Waals surface area (Å²) < 4.78 is 11.5. The fourth-order valence-corrected chi connectivity index (χ4v) is 2.37. The van der Waals surface area contributed by atoms with E-state index in [2.05, 4.69) is 0 Å². The molecule has 26 heavy (non-hydrogen) atoms. The molecule has 0 saturated carbocycles. The second kappa shape index (κ2) is 9.43. The van der Waals surface area contributed by atoms with Crippen LogP contribution in [0.3, 0.4) is 0 Å². The topological polar surface area (TPSA) is 59.3 Å². The molecular weight excluding hydrogens is 326 g/mol. The van der Waals surface area contributed by atoms with Crippen LogP contribution in [0.2, 0.25) is 0 Å². The predicted molar refractivity (Wildman–Crippen MR) is 102 cm³/mol. The first kappa shape index (κ1) is 19.3. The summed E-state index contributed by atoms with van der Waals surface area (Å²) in [6.07, 6.45) is 1.59. The number of ether oxygens (including phenoxy) is 2. The molecular formula is C22H23NO3. The van der Waals surface area contributed by atoms with Gasteiger partial charge >= 0.3 is 0 Å². The summed E-state index contributed by atoms with van der Waals surface area (Å²) in [5.41, 5.74) is 1.93. The molecule has 0 fully saturated rings. The maximum atomic E-state index is 12.1. The van der Waals surface area contributed by atoms with Gasteiger partial charge in [-0.2, -0.15) is 5.26 Å². The molecule has 0 N–H and O–H groups in total. The van der Waals surface area contributed by atoms with Gasteiger partial charge in [0.2, 0.25) is 0 Å². The first-order chi connectivity index (χ1) is 12.5. The van der Waals surface area contributed by atoms with E-state index in [0.717, 1.165) is 11.1 Å². The van der Waals surface area contributed by atoms with Crippen LogP contribution in [0.1, 0.15) is 31.9 Å². The minimum absolute atomic E-state index is 0.139. The molecule has 0 amide bonds. The average molecular weight is 349 g/mol. The van der Waals surface area contributed by atoms with Gasteiger partial charge in [-0.25, -0.2) is 0 Å². The predicted octanol–water partition coefficient (Wildman–Crippen LogP) is 4.80. The van der Waals surface area contributed by atoms with Gasteiger partial charge in [0.05, 0.1) is 12.2 Å². The SMILES string of the molecule is CCOc1cc(/C=C(/C#N)C(=O)C(C)C)ccc1OCc1ccccc1. The van der Waals surface area contributed by atoms with E-state index in [0.29, 0.717) is 24.7 Å². The lowest BCUT2D eigenvalue weighted by Gasteiger charge is -2.13. The fourth-order valence-electron chi connectivity index (χ4n) is 2.37. The van der Waals surface area contributed by atoms with Crippen LogP contribution in [0.15, 0.2) is 54.1 Å². The molecule has 4 nitrogen and oxygen atoms in total. The fraction of sp³-hybridized carbons (Fsp3) is 0.273. The zero-order valence-electron chi connectivity index (χ0n) is 15.4. The molecule has 2 aromatic rings. The molecule has 134 valence electrons. The van der Waals surface area contributed by atoms with E-state index < -0.39 is 0 Å². The van der Waals surface area contributed by atoms with Crippen molar-refractivity contribution in [3.63, 3.8) is 0 Å². The monoisotopic (exact) mass is 349 g/mol. The molecule has 0 aliphatic rings. The van der Waals surface area contributed by atoms with Gasteiger partial charge in [-0.3, -0.25) is 4.79 Å². The number of Topliss-reactive ketones (excluding diaryl/α,β-unsaturated/α-hetero) is 1. The van der Waals surface area contributed by atoms with Crippen molar-refractivity contribution in [2.75, 3.05) is 6.61 Å². The van der Waals surface area contributed by atoms with E-state index in [1.165, 1.54) is 0 Å². The van der Waals surface area contributed by atoms with Crippen molar-refractivity contribution in [2.45, 2.75) is 27.4 Å². The number of rotatable bonds is 8. The Kier molecular flexibility index (Phi) is 6.99. The van der Waals surface area contributed by atoms with Gasteiger partial charge < -0.3 is 9.47 Å². The third kappa shape index (κ3) is 5.22. The number of benzene rings is 2. The Labute approximate surface area is 154 Å². The molecule has 0 heterocycles. The summed E-state index contributed by atoms with van der Waals surface area (Å²) in [5, 5.41) is 9.25. The van der Waals surface area contributed by atoms with E-state index in [1.807, 2.05) is 49.4 Å². The minimum atomic E-state index is -0.222. The van der Waals surface area contributed by atoms with Crippen molar-refractivity contribution in [1.82, 2.24) is 0 Å². The zero-order chi connectivity index (χ0) is 18.9. The molecule has 0 bridgehead atoms. The number of nitrogens with zero attached hydrogens (tertiary/aromatic N) is 1. The van der Waals surface area contributed by atoms with Crippen LogP contribution in [0.25, 0.3) is 6.08 Å². The lowest BCUT2D eigenvalue weighted by molar-refractivity contribution is -0.117. The van der Waals surface area contributed by atoms with Crippen LogP contribution in [-0.2, 0) is 11.4 Å². The molecule has 0 saturated heterocycles. The standard InChI is InChI=1S/C22H23NO3/c1-4-25-21-13-18(12-19(14-23)22(24)16(2)3)10-11-20(21)26-15-17-8-6-5-7-9-17/h5-13,16H,4,15H2,1-3H3/b19-12-. The number of carbonyl (C=O) groups excluding carboxylic acids is 1. The highest BCUT2D eigenvalue weighted by atomic mass is 16.5. The maximum absolute atomic E-state index is 12.1. The number of hydrogen-bond acceptors (Lipinski definition) is 4. The van der Waals surface area contributed by atoms with Crippen molar-refractivity contribution in [3.8, 4) is 17.6 Å². The molecule has 2 aromatic carbocycles. The Balaban J connectivity index is 2.25. The Morgan fingerprint density at radius 1 is 1.12 bits per heavy atom. The highest BCUT2D eigenvalue weighted by Gasteiger charge is 2.14. The van der Waals surface area contributed by atoms with Crippen molar-refractivity contribution in [2.24, 2.45) is 5.92 Å². The second-order valence-corrected chi connectivity index (χ2v) is 6.10. The quantitative estimate of drug-likeness (QED) is 0.507. The molecule has 0 radical (unpaired) electrons. The number of hydrogen-bond donors (Lipinski definition) is 0. The molecule has 0 aliphatic carbocycles. The Bertz CT molecular complexity index is 817.